The van der Waals surface area contributed by atoms with Crippen molar-refractivity contribution in [1.82, 2.24) is 4.98 Å². The van der Waals surface area contributed by atoms with Gasteiger partial charge in [0.2, 0.25) is 0 Å². The van der Waals surface area contributed by atoms with E-state index in [4.69, 9.17) is 4.42 Å². The number of benzene rings is 7. The van der Waals surface area contributed by atoms with Crippen LogP contribution in [0.25, 0.3) is 97.3 Å². The van der Waals surface area contributed by atoms with E-state index in [9.17, 15) is 0 Å². The summed E-state index contributed by atoms with van der Waals surface area (Å²) in [5.74, 6) is 0. The standard InChI is InChI=1S/C42H25NOS/c1-3-16-38-31(10-1)34-15-7-13-30(42(34)44-38)28-18-20-37-35(24-28)33-14-6-12-29(41(33)43-37)27-9-5-8-25(22-27)26-19-21-40-36(23-26)32-11-2-4-17-39(32)45-40/h1-24,43H. The molecule has 0 saturated heterocycles. The first-order chi connectivity index (χ1) is 22.3. The molecular weight excluding hydrogens is 567 g/mol. The van der Waals surface area contributed by atoms with Gasteiger partial charge in [0.25, 0.3) is 0 Å². The van der Waals surface area contributed by atoms with Gasteiger partial charge in [-0.1, -0.05) is 103 Å². The lowest BCUT2D eigenvalue weighted by atomic mass is 9.96. The van der Waals surface area contributed by atoms with Crippen molar-refractivity contribution in [1.29, 1.82) is 0 Å². The Labute approximate surface area is 262 Å². The second kappa shape index (κ2) is 9.43. The zero-order chi connectivity index (χ0) is 29.5. The van der Waals surface area contributed by atoms with Crippen LogP contribution in [0, 0.1) is 0 Å². The van der Waals surface area contributed by atoms with Crippen molar-refractivity contribution in [3.63, 3.8) is 0 Å². The summed E-state index contributed by atoms with van der Waals surface area (Å²) in [6.45, 7) is 0. The smallest absolute Gasteiger partial charge is 0.143 e. The lowest BCUT2D eigenvalue weighted by Crippen LogP contribution is -1.83. The molecule has 0 aliphatic heterocycles. The number of aromatic nitrogens is 1. The normalized spacial score (nSPS) is 12.0. The van der Waals surface area contributed by atoms with E-state index in [1.54, 1.807) is 0 Å². The molecule has 3 aromatic heterocycles. The molecule has 2 nitrogen and oxygen atoms in total. The van der Waals surface area contributed by atoms with Crippen molar-refractivity contribution in [3.05, 3.63) is 146 Å². The first kappa shape index (κ1) is 24.8. The summed E-state index contributed by atoms with van der Waals surface area (Å²) in [7, 11) is 0. The van der Waals surface area contributed by atoms with Crippen molar-refractivity contribution >= 4 is 75.3 Å². The summed E-state index contributed by atoms with van der Waals surface area (Å²) >= 11 is 1.86. The Kier molecular flexibility index (Phi) is 5.19. The maximum Gasteiger partial charge on any atom is 0.143 e. The molecule has 210 valence electrons. The topological polar surface area (TPSA) is 28.9 Å². The number of fused-ring (bicyclic) bond motifs is 9. The molecular formula is C42H25NOS. The number of furan rings is 1. The van der Waals surface area contributed by atoms with Crippen LogP contribution in [0.5, 0.6) is 0 Å². The molecule has 0 aliphatic rings. The largest absolute Gasteiger partial charge is 0.455 e. The Morgan fingerprint density at radius 3 is 2.04 bits per heavy atom. The molecule has 0 atom stereocenters. The monoisotopic (exact) mass is 591 g/mol. The predicted molar refractivity (Wildman–Crippen MR) is 192 cm³/mol. The van der Waals surface area contributed by atoms with Gasteiger partial charge in [0, 0.05) is 58.4 Å². The Bertz CT molecular complexity index is 2770. The molecule has 3 heteroatoms. The number of hydrogen-bond donors (Lipinski definition) is 1. The van der Waals surface area contributed by atoms with E-state index in [0.717, 1.165) is 44.1 Å². The molecule has 1 N–H and O–H groups in total. The number of para-hydroxylation sites is 3. The number of aromatic amines is 1. The molecule has 3 heterocycles. The predicted octanol–water partition coefficient (Wildman–Crippen LogP) is 12.6. The van der Waals surface area contributed by atoms with Crippen LogP contribution in [0.4, 0.5) is 0 Å². The lowest BCUT2D eigenvalue weighted by molar-refractivity contribution is 0.670. The molecule has 0 unspecified atom stereocenters. The van der Waals surface area contributed by atoms with Crippen LogP contribution in [0.2, 0.25) is 0 Å². The molecule has 45 heavy (non-hydrogen) atoms. The minimum atomic E-state index is 0.920. The number of hydrogen-bond acceptors (Lipinski definition) is 2. The van der Waals surface area contributed by atoms with Crippen molar-refractivity contribution in [3.8, 4) is 33.4 Å². The lowest BCUT2D eigenvalue weighted by Gasteiger charge is -2.08. The zero-order valence-electron chi connectivity index (χ0n) is 24.2. The van der Waals surface area contributed by atoms with E-state index in [0.29, 0.717) is 0 Å². The van der Waals surface area contributed by atoms with Crippen LogP contribution in [0.1, 0.15) is 0 Å². The molecule has 10 rings (SSSR count). The first-order valence-electron chi connectivity index (χ1n) is 15.3. The maximum atomic E-state index is 6.38. The second-order valence-corrected chi connectivity index (χ2v) is 12.9. The second-order valence-electron chi connectivity index (χ2n) is 11.8. The van der Waals surface area contributed by atoms with E-state index in [-0.39, 0.29) is 0 Å². The van der Waals surface area contributed by atoms with Gasteiger partial charge in [0.15, 0.2) is 0 Å². The third-order valence-corrected chi connectivity index (χ3v) is 10.4. The van der Waals surface area contributed by atoms with Gasteiger partial charge in [0.05, 0.1) is 5.52 Å². The summed E-state index contributed by atoms with van der Waals surface area (Å²) in [6, 6.07) is 52.5. The van der Waals surface area contributed by atoms with Gasteiger partial charge in [-0.2, -0.15) is 0 Å². The molecule has 10 aromatic rings. The van der Waals surface area contributed by atoms with Crippen molar-refractivity contribution in [2.45, 2.75) is 0 Å². The minimum absolute atomic E-state index is 0.920. The van der Waals surface area contributed by atoms with Crippen LogP contribution in [-0.4, -0.2) is 4.98 Å². The van der Waals surface area contributed by atoms with Crippen LogP contribution < -0.4 is 0 Å². The summed E-state index contributed by atoms with van der Waals surface area (Å²) < 4.78 is 9.04. The highest BCUT2D eigenvalue weighted by Gasteiger charge is 2.15. The van der Waals surface area contributed by atoms with E-state index in [1.807, 2.05) is 23.5 Å². The molecule has 0 radical (unpaired) electrons. The van der Waals surface area contributed by atoms with E-state index in [1.165, 1.54) is 53.2 Å². The molecule has 7 aromatic carbocycles. The molecule has 0 fully saturated rings. The fraction of sp³-hybridized carbons (Fsp3) is 0. The van der Waals surface area contributed by atoms with Crippen LogP contribution in [0.15, 0.2) is 150 Å². The van der Waals surface area contributed by atoms with Gasteiger partial charge >= 0.3 is 0 Å². The highest BCUT2D eigenvalue weighted by atomic mass is 32.1. The van der Waals surface area contributed by atoms with Gasteiger partial charge in [-0.15, -0.1) is 11.3 Å². The number of thiophene rings is 1. The zero-order valence-corrected chi connectivity index (χ0v) is 25.0. The Morgan fingerprint density at radius 1 is 0.422 bits per heavy atom. The van der Waals surface area contributed by atoms with Crippen LogP contribution in [0.3, 0.4) is 0 Å². The molecule has 0 spiro atoms. The Balaban J connectivity index is 1.10. The SMILES string of the molecule is c1cc(-c2ccc3sc4ccccc4c3c2)cc(-c2cccc3c2[nH]c2ccc(-c4cccc5c4oc4ccccc45)cc23)c1. The van der Waals surface area contributed by atoms with E-state index < -0.39 is 0 Å². The Morgan fingerprint density at radius 2 is 1.09 bits per heavy atom. The minimum Gasteiger partial charge on any atom is -0.455 e. The average Bonchev–Trinajstić information content (AvgIpc) is 3.79. The van der Waals surface area contributed by atoms with Crippen molar-refractivity contribution in [2.24, 2.45) is 0 Å². The van der Waals surface area contributed by atoms with Gasteiger partial charge in [-0.3, -0.25) is 0 Å². The van der Waals surface area contributed by atoms with Gasteiger partial charge in [-0.05, 0) is 64.7 Å². The van der Waals surface area contributed by atoms with E-state index >= 15 is 0 Å². The van der Waals surface area contributed by atoms with Gasteiger partial charge in [0.1, 0.15) is 11.2 Å². The number of rotatable bonds is 3. The van der Waals surface area contributed by atoms with Gasteiger partial charge in [-0.25, -0.2) is 0 Å². The highest BCUT2D eigenvalue weighted by molar-refractivity contribution is 7.25. The van der Waals surface area contributed by atoms with Gasteiger partial charge < -0.3 is 9.40 Å². The average molecular weight is 592 g/mol. The van der Waals surface area contributed by atoms with Crippen molar-refractivity contribution < 1.29 is 4.42 Å². The molecule has 0 saturated carbocycles. The molecule has 0 bridgehead atoms. The number of H-pyrrole nitrogens is 1. The summed E-state index contributed by atoms with van der Waals surface area (Å²) in [5.41, 5.74) is 11.3. The van der Waals surface area contributed by atoms with E-state index in [2.05, 4.69) is 138 Å². The maximum absolute atomic E-state index is 6.38. The Hall–Kier alpha value is -5.64. The molecule has 0 amide bonds. The fourth-order valence-corrected chi connectivity index (χ4v) is 8.16. The third-order valence-electron chi connectivity index (χ3n) is 9.23. The molecule has 0 aliphatic carbocycles. The van der Waals surface area contributed by atoms with Crippen LogP contribution in [-0.2, 0) is 0 Å². The summed E-state index contributed by atoms with van der Waals surface area (Å²) in [6.07, 6.45) is 0. The summed E-state index contributed by atoms with van der Waals surface area (Å²) in [4.78, 5) is 3.76. The first-order valence-corrected chi connectivity index (χ1v) is 16.1. The highest BCUT2D eigenvalue weighted by Crippen LogP contribution is 2.40. The quantitative estimate of drug-likeness (QED) is 0.218. The number of nitrogens with one attached hydrogen (secondary N) is 1. The fourth-order valence-electron chi connectivity index (χ4n) is 7.08. The summed E-state index contributed by atoms with van der Waals surface area (Å²) in [5, 5.41) is 7.38. The van der Waals surface area contributed by atoms with Crippen LogP contribution >= 0.6 is 11.3 Å². The van der Waals surface area contributed by atoms with Crippen molar-refractivity contribution in [2.75, 3.05) is 0 Å². The third kappa shape index (κ3) is 3.75.